The van der Waals surface area contributed by atoms with Crippen molar-refractivity contribution in [2.75, 3.05) is 0 Å². The molecule has 0 saturated heterocycles. The molecule has 31 heavy (non-hydrogen) atoms. The lowest BCUT2D eigenvalue weighted by Crippen LogP contribution is -1.84. The minimum atomic E-state index is 0.972. The van der Waals surface area contributed by atoms with Crippen molar-refractivity contribution in [2.24, 2.45) is 0 Å². The first kappa shape index (κ1) is 30.6. The van der Waals surface area contributed by atoms with Gasteiger partial charge in [-0.05, 0) is 6.42 Å². The summed E-state index contributed by atoms with van der Waals surface area (Å²) in [6, 6.07) is 0. The van der Waals surface area contributed by atoms with Gasteiger partial charge in [0.1, 0.15) is 0 Å². The predicted molar refractivity (Wildman–Crippen MR) is 144 cm³/mol. The number of terminal acetylenes is 1. The van der Waals surface area contributed by atoms with Crippen LogP contribution >= 0.6 is 0 Å². The van der Waals surface area contributed by atoms with Gasteiger partial charge in [0.25, 0.3) is 0 Å². The fourth-order valence-corrected chi connectivity index (χ4v) is 4.72. The highest BCUT2D eigenvalue weighted by Gasteiger charge is 1.96. The maximum absolute atomic E-state index is 5.28. The van der Waals surface area contributed by atoms with E-state index in [1.807, 2.05) is 0 Å². The lowest BCUT2D eigenvalue weighted by molar-refractivity contribution is 0.515. The lowest BCUT2D eigenvalue weighted by atomic mass is 10.0. The summed E-state index contributed by atoms with van der Waals surface area (Å²) in [6.07, 6.45) is 45.5. The number of hydrogen-bond donors (Lipinski definition) is 0. The van der Waals surface area contributed by atoms with Crippen molar-refractivity contribution in [2.45, 2.75) is 187 Å². The van der Waals surface area contributed by atoms with Crippen LogP contribution in [0.5, 0.6) is 0 Å². The molecule has 0 amide bonds. The molecule has 0 unspecified atom stereocenters. The lowest BCUT2D eigenvalue weighted by Gasteiger charge is -2.04. The first-order valence-corrected chi connectivity index (χ1v) is 14.8. The van der Waals surface area contributed by atoms with Crippen LogP contribution in [0.15, 0.2) is 0 Å². The Morgan fingerprint density at radius 3 is 0.710 bits per heavy atom. The van der Waals surface area contributed by atoms with Crippen LogP contribution in [0, 0.1) is 12.3 Å². The fourth-order valence-electron chi connectivity index (χ4n) is 4.72. The molecule has 0 aliphatic heterocycles. The minimum absolute atomic E-state index is 0.972. The molecule has 0 fully saturated rings. The number of unbranched alkanes of at least 4 members (excludes halogenated alkanes) is 27. The average molecular weight is 433 g/mol. The summed E-state index contributed by atoms with van der Waals surface area (Å²) in [5, 5.41) is 0. The van der Waals surface area contributed by atoms with Crippen LogP contribution in [0.25, 0.3) is 0 Å². The monoisotopic (exact) mass is 432 g/mol. The van der Waals surface area contributed by atoms with Crippen LogP contribution in [0.3, 0.4) is 0 Å². The third-order valence-electron chi connectivity index (χ3n) is 6.92. The molecule has 0 aliphatic carbocycles. The highest BCUT2D eigenvalue weighted by molar-refractivity contribution is 4.82. The molecule has 0 nitrogen and oxygen atoms in total. The Morgan fingerprint density at radius 1 is 0.323 bits per heavy atom. The van der Waals surface area contributed by atoms with Crippen molar-refractivity contribution in [3.05, 3.63) is 0 Å². The van der Waals surface area contributed by atoms with E-state index in [1.54, 1.807) is 0 Å². The standard InChI is InChI=1S/C31H60/c1-3-5-7-9-11-13-15-17-19-21-23-25-27-29-31-30-28-26-24-22-20-18-16-14-12-10-8-6-4-2/h1H,4-31H2,2H3. The second-order valence-corrected chi connectivity index (χ2v) is 10.1. The second-order valence-electron chi connectivity index (χ2n) is 10.1. The number of rotatable bonds is 27. The molecule has 0 heterocycles. The first-order chi connectivity index (χ1) is 15.4. The second kappa shape index (κ2) is 29.6. The quantitative estimate of drug-likeness (QED) is 0.0893. The Bertz CT molecular complexity index is 336. The van der Waals surface area contributed by atoms with Crippen molar-refractivity contribution in [3.8, 4) is 12.3 Å². The van der Waals surface area contributed by atoms with E-state index in [-0.39, 0.29) is 0 Å². The van der Waals surface area contributed by atoms with Crippen molar-refractivity contribution < 1.29 is 0 Å². The molecule has 0 aromatic heterocycles. The zero-order valence-corrected chi connectivity index (χ0v) is 21.9. The van der Waals surface area contributed by atoms with Gasteiger partial charge in [-0.25, -0.2) is 0 Å². The summed E-state index contributed by atoms with van der Waals surface area (Å²) in [7, 11) is 0. The van der Waals surface area contributed by atoms with Crippen molar-refractivity contribution in [1.82, 2.24) is 0 Å². The molecule has 0 spiro atoms. The summed E-state index contributed by atoms with van der Waals surface area (Å²) in [6.45, 7) is 2.30. The molecule has 0 saturated carbocycles. The Balaban J connectivity index is 2.99. The molecule has 0 heteroatoms. The Morgan fingerprint density at radius 2 is 0.516 bits per heavy atom. The van der Waals surface area contributed by atoms with Crippen LogP contribution in [0.1, 0.15) is 187 Å². The van der Waals surface area contributed by atoms with Gasteiger partial charge in [-0.1, -0.05) is 174 Å². The summed E-state index contributed by atoms with van der Waals surface area (Å²) in [4.78, 5) is 0. The average Bonchev–Trinajstić information content (AvgIpc) is 2.78. The topological polar surface area (TPSA) is 0 Å². The van der Waals surface area contributed by atoms with Crippen LogP contribution < -0.4 is 0 Å². The van der Waals surface area contributed by atoms with Gasteiger partial charge in [0.05, 0.1) is 0 Å². The molecular weight excluding hydrogens is 372 g/mol. The van der Waals surface area contributed by atoms with E-state index in [2.05, 4.69) is 12.8 Å². The molecule has 0 aromatic carbocycles. The molecule has 184 valence electrons. The summed E-state index contributed by atoms with van der Waals surface area (Å²) < 4.78 is 0. The van der Waals surface area contributed by atoms with Crippen LogP contribution in [0.2, 0.25) is 0 Å². The van der Waals surface area contributed by atoms with Gasteiger partial charge in [0, 0.05) is 6.42 Å². The molecule has 0 radical (unpaired) electrons. The minimum Gasteiger partial charge on any atom is -0.120 e. The maximum atomic E-state index is 5.28. The molecule has 0 N–H and O–H groups in total. The normalized spacial score (nSPS) is 11.1. The van der Waals surface area contributed by atoms with Crippen LogP contribution in [0.4, 0.5) is 0 Å². The van der Waals surface area contributed by atoms with E-state index in [0.717, 1.165) is 6.42 Å². The van der Waals surface area contributed by atoms with Gasteiger partial charge in [-0.2, -0.15) is 0 Å². The third kappa shape index (κ3) is 29.6. The molecule has 0 aliphatic rings. The Labute approximate surface area is 199 Å². The van der Waals surface area contributed by atoms with Crippen LogP contribution in [-0.4, -0.2) is 0 Å². The van der Waals surface area contributed by atoms with Gasteiger partial charge >= 0.3 is 0 Å². The fraction of sp³-hybridized carbons (Fsp3) is 0.935. The molecular formula is C31H60. The van der Waals surface area contributed by atoms with E-state index < -0.39 is 0 Å². The molecule has 0 bridgehead atoms. The summed E-state index contributed by atoms with van der Waals surface area (Å²) in [5.41, 5.74) is 0. The van der Waals surface area contributed by atoms with E-state index >= 15 is 0 Å². The highest BCUT2D eigenvalue weighted by atomic mass is 14.0. The Hall–Kier alpha value is -0.440. The van der Waals surface area contributed by atoms with Gasteiger partial charge in [-0.3, -0.25) is 0 Å². The third-order valence-corrected chi connectivity index (χ3v) is 6.92. The van der Waals surface area contributed by atoms with E-state index in [4.69, 9.17) is 6.42 Å². The SMILES string of the molecule is C#CCCCCCCCCCCCCCCCCCCCCCCCCCCCCC. The predicted octanol–water partition coefficient (Wildman–Crippen LogP) is 11.6. The Kier molecular flexibility index (Phi) is 29.1. The summed E-state index contributed by atoms with van der Waals surface area (Å²) in [5.74, 6) is 2.74. The number of hydrogen-bond acceptors (Lipinski definition) is 0. The zero-order chi connectivity index (χ0) is 22.5. The molecule has 0 rings (SSSR count). The van der Waals surface area contributed by atoms with Gasteiger partial charge in [0.15, 0.2) is 0 Å². The van der Waals surface area contributed by atoms with Crippen molar-refractivity contribution >= 4 is 0 Å². The van der Waals surface area contributed by atoms with E-state index in [1.165, 1.54) is 173 Å². The first-order valence-electron chi connectivity index (χ1n) is 14.8. The summed E-state index contributed by atoms with van der Waals surface area (Å²) >= 11 is 0. The smallest absolute Gasteiger partial charge is 0.00860 e. The van der Waals surface area contributed by atoms with Crippen molar-refractivity contribution in [1.29, 1.82) is 0 Å². The van der Waals surface area contributed by atoms with E-state index in [9.17, 15) is 0 Å². The van der Waals surface area contributed by atoms with Gasteiger partial charge in [0.2, 0.25) is 0 Å². The van der Waals surface area contributed by atoms with E-state index in [0.29, 0.717) is 0 Å². The largest absolute Gasteiger partial charge is 0.120 e. The maximum Gasteiger partial charge on any atom is 0.00860 e. The zero-order valence-electron chi connectivity index (χ0n) is 21.9. The van der Waals surface area contributed by atoms with Crippen LogP contribution in [-0.2, 0) is 0 Å². The highest BCUT2D eigenvalue weighted by Crippen LogP contribution is 2.16. The van der Waals surface area contributed by atoms with Gasteiger partial charge in [-0.15, -0.1) is 12.3 Å². The van der Waals surface area contributed by atoms with Gasteiger partial charge < -0.3 is 0 Å². The molecule has 0 aromatic rings. The molecule has 0 atom stereocenters. The van der Waals surface area contributed by atoms with Crippen molar-refractivity contribution in [3.63, 3.8) is 0 Å².